The van der Waals surface area contributed by atoms with Crippen molar-refractivity contribution in [3.8, 4) is 11.5 Å². The first-order chi connectivity index (χ1) is 17.7. The number of aliphatic hydroxyl groups is 1. The van der Waals surface area contributed by atoms with E-state index in [-0.39, 0.29) is 17.9 Å². The largest absolute Gasteiger partial charge is 0.507 e. The summed E-state index contributed by atoms with van der Waals surface area (Å²) in [5, 5.41) is 11.4. The zero-order chi connectivity index (χ0) is 26.7. The van der Waals surface area contributed by atoms with E-state index in [0.717, 1.165) is 28.0 Å². The predicted molar refractivity (Wildman–Crippen MR) is 144 cm³/mol. The van der Waals surface area contributed by atoms with Gasteiger partial charge in [-0.15, -0.1) is 0 Å². The summed E-state index contributed by atoms with van der Waals surface area (Å²) < 4.78 is 11.1. The van der Waals surface area contributed by atoms with Gasteiger partial charge >= 0.3 is 0 Å². The third-order valence-electron chi connectivity index (χ3n) is 6.43. The lowest BCUT2D eigenvalue weighted by Crippen LogP contribution is -2.29. The summed E-state index contributed by atoms with van der Waals surface area (Å²) in [6.07, 6.45) is 0. The maximum atomic E-state index is 13.4. The smallest absolute Gasteiger partial charge is 0.295 e. The second kappa shape index (κ2) is 10.9. The van der Waals surface area contributed by atoms with E-state index in [9.17, 15) is 14.7 Å². The van der Waals surface area contributed by atoms with Crippen molar-refractivity contribution in [1.29, 1.82) is 0 Å². The zero-order valence-electron chi connectivity index (χ0n) is 21.9. The van der Waals surface area contributed by atoms with Crippen molar-refractivity contribution >= 4 is 17.4 Å². The van der Waals surface area contributed by atoms with Gasteiger partial charge in [0, 0.05) is 12.1 Å². The van der Waals surface area contributed by atoms with E-state index >= 15 is 0 Å². The third kappa shape index (κ3) is 5.53. The SMILES string of the molecule is COc1ccc(CN2C(=O)C(=O)/C(=C(\O)c3ccc(OCC(C)C)c(C)c3)C2c2cccc(C)c2)cc1. The third-order valence-corrected chi connectivity index (χ3v) is 6.43. The number of ether oxygens (including phenoxy) is 2. The number of benzene rings is 3. The van der Waals surface area contributed by atoms with Gasteiger partial charge in [-0.2, -0.15) is 0 Å². The Kier molecular flexibility index (Phi) is 7.67. The highest BCUT2D eigenvalue weighted by Gasteiger charge is 2.46. The number of aryl methyl sites for hydroxylation is 2. The minimum atomic E-state index is -0.723. The van der Waals surface area contributed by atoms with Gasteiger partial charge in [0.15, 0.2) is 0 Å². The van der Waals surface area contributed by atoms with E-state index < -0.39 is 17.7 Å². The van der Waals surface area contributed by atoms with Crippen molar-refractivity contribution in [2.75, 3.05) is 13.7 Å². The molecule has 1 heterocycles. The first-order valence-corrected chi connectivity index (χ1v) is 12.4. The maximum absolute atomic E-state index is 13.4. The maximum Gasteiger partial charge on any atom is 0.295 e. The summed E-state index contributed by atoms with van der Waals surface area (Å²) in [5.41, 5.74) is 4.00. The van der Waals surface area contributed by atoms with Crippen LogP contribution in [0.1, 0.15) is 47.7 Å². The van der Waals surface area contributed by atoms with Crippen LogP contribution in [0.5, 0.6) is 11.5 Å². The molecule has 6 nitrogen and oxygen atoms in total. The van der Waals surface area contributed by atoms with E-state index in [1.165, 1.54) is 4.90 Å². The summed E-state index contributed by atoms with van der Waals surface area (Å²) in [7, 11) is 1.59. The molecule has 0 aliphatic carbocycles. The Morgan fingerprint density at radius 1 is 1.00 bits per heavy atom. The number of nitrogens with zero attached hydrogens (tertiary/aromatic N) is 1. The molecule has 0 saturated carbocycles. The molecule has 6 heteroatoms. The van der Waals surface area contributed by atoms with Gasteiger partial charge in [-0.3, -0.25) is 9.59 Å². The first-order valence-electron chi connectivity index (χ1n) is 12.4. The van der Waals surface area contributed by atoms with Gasteiger partial charge in [0.2, 0.25) is 0 Å². The Balaban J connectivity index is 1.78. The van der Waals surface area contributed by atoms with Crippen LogP contribution < -0.4 is 9.47 Å². The highest BCUT2D eigenvalue weighted by Crippen LogP contribution is 2.41. The number of aliphatic hydroxyl groups excluding tert-OH is 1. The molecule has 1 saturated heterocycles. The fourth-order valence-corrected chi connectivity index (χ4v) is 4.53. The number of Topliss-reactive ketones (excluding diaryl/α,β-unsaturated/α-hetero) is 1. The monoisotopic (exact) mass is 499 g/mol. The summed E-state index contributed by atoms with van der Waals surface area (Å²) in [6, 6.07) is 19.6. The number of amides is 1. The van der Waals surface area contributed by atoms with Crippen LogP contribution in [0.4, 0.5) is 0 Å². The number of hydrogen-bond donors (Lipinski definition) is 1. The van der Waals surface area contributed by atoms with Crippen LogP contribution in [0, 0.1) is 19.8 Å². The van der Waals surface area contributed by atoms with Gasteiger partial charge in [0.25, 0.3) is 11.7 Å². The Morgan fingerprint density at radius 2 is 1.73 bits per heavy atom. The molecule has 0 bridgehead atoms. The molecule has 0 radical (unpaired) electrons. The van der Waals surface area contributed by atoms with Crippen molar-refractivity contribution in [3.05, 3.63) is 100 Å². The quantitative estimate of drug-likeness (QED) is 0.235. The van der Waals surface area contributed by atoms with Crippen LogP contribution >= 0.6 is 0 Å². The fraction of sp³-hybridized carbons (Fsp3) is 0.290. The summed E-state index contributed by atoms with van der Waals surface area (Å²) in [4.78, 5) is 28.2. The second-order valence-corrected chi connectivity index (χ2v) is 9.87. The Bertz CT molecular complexity index is 1340. The number of carbonyl (C=O) groups excluding carboxylic acids is 2. The molecule has 1 atom stereocenters. The average Bonchev–Trinajstić information content (AvgIpc) is 3.12. The van der Waals surface area contributed by atoms with Crippen molar-refractivity contribution < 1.29 is 24.2 Å². The number of ketones is 1. The van der Waals surface area contributed by atoms with E-state index in [1.54, 1.807) is 25.3 Å². The molecule has 37 heavy (non-hydrogen) atoms. The highest BCUT2D eigenvalue weighted by atomic mass is 16.5. The van der Waals surface area contributed by atoms with Crippen LogP contribution in [-0.4, -0.2) is 35.4 Å². The fourth-order valence-electron chi connectivity index (χ4n) is 4.53. The molecule has 1 unspecified atom stereocenters. The van der Waals surface area contributed by atoms with Crippen molar-refractivity contribution in [2.45, 2.75) is 40.3 Å². The number of rotatable bonds is 8. The van der Waals surface area contributed by atoms with Gasteiger partial charge in [-0.25, -0.2) is 0 Å². The molecule has 3 aromatic rings. The summed E-state index contributed by atoms with van der Waals surface area (Å²) >= 11 is 0. The van der Waals surface area contributed by atoms with Crippen LogP contribution in [0.25, 0.3) is 5.76 Å². The van der Waals surface area contributed by atoms with Gasteiger partial charge in [0.05, 0.1) is 25.3 Å². The lowest BCUT2D eigenvalue weighted by Gasteiger charge is -2.26. The van der Waals surface area contributed by atoms with Gasteiger partial charge in [-0.1, -0.05) is 55.8 Å². The standard InChI is InChI=1S/C31H33NO5/c1-19(2)18-37-26-14-11-24(16-21(26)4)29(33)27-28(23-8-6-7-20(3)15-23)32(31(35)30(27)34)17-22-9-12-25(36-5)13-10-22/h6-16,19,28,33H,17-18H2,1-5H3/b29-27-. The molecule has 0 spiro atoms. The molecule has 4 rings (SSSR count). The van der Waals surface area contributed by atoms with Crippen LogP contribution in [0.15, 0.2) is 72.3 Å². The zero-order valence-corrected chi connectivity index (χ0v) is 21.9. The topological polar surface area (TPSA) is 76.1 Å². The molecular weight excluding hydrogens is 466 g/mol. The molecule has 1 N–H and O–H groups in total. The van der Waals surface area contributed by atoms with Crippen LogP contribution in [0.2, 0.25) is 0 Å². The average molecular weight is 500 g/mol. The lowest BCUT2D eigenvalue weighted by molar-refractivity contribution is -0.140. The van der Waals surface area contributed by atoms with E-state index in [0.29, 0.717) is 23.8 Å². The molecule has 3 aromatic carbocycles. The van der Waals surface area contributed by atoms with Crippen LogP contribution in [0.3, 0.4) is 0 Å². The Morgan fingerprint density at radius 3 is 2.35 bits per heavy atom. The lowest BCUT2D eigenvalue weighted by atomic mass is 9.94. The number of likely N-dealkylation sites (tertiary alicyclic amines) is 1. The summed E-state index contributed by atoms with van der Waals surface area (Å²) in [6.45, 7) is 8.80. The van der Waals surface area contributed by atoms with E-state index in [1.807, 2.05) is 62.4 Å². The van der Waals surface area contributed by atoms with Crippen LogP contribution in [-0.2, 0) is 16.1 Å². The molecule has 1 amide bonds. The van der Waals surface area contributed by atoms with E-state index in [4.69, 9.17) is 9.47 Å². The molecule has 1 aliphatic rings. The minimum absolute atomic E-state index is 0.0827. The normalized spacial score (nSPS) is 16.9. The van der Waals surface area contributed by atoms with Crippen molar-refractivity contribution in [1.82, 2.24) is 4.90 Å². The molecule has 1 fully saturated rings. The second-order valence-electron chi connectivity index (χ2n) is 9.87. The summed E-state index contributed by atoms with van der Waals surface area (Å²) in [5.74, 6) is 0.273. The molecule has 0 aromatic heterocycles. The van der Waals surface area contributed by atoms with Crippen molar-refractivity contribution in [2.24, 2.45) is 5.92 Å². The minimum Gasteiger partial charge on any atom is -0.507 e. The van der Waals surface area contributed by atoms with Crippen molar-refractivity contribution in [3.63, 3.8) is 0 Å². The van der Waals surface area contributed by atoms with Gasteiger partial charge in [-0.05, 0) is 66.8 Å². The number of carbonyl (C=O) groups is 2. The molecule has 192 valence electrons. The number of hydrogen-bond acceptors (Lipinski definition) is 5. The Hall–Kier alpha value is -4.06. The number of methoxy groups -OCH3 is 1. The van der Waals surface area contributed by atoms with E-state index in [2.05, 4.69) is 13.8 Å². The van der Waals surface area contributed by atoms with Gasteiger partial charge in [0.1, 0.15) is 17.3 Å². The predicted octanol–water partition coefficient (Wildman–Crippen LogP) is 5.97. The molecule has 1 aliphatic heterocycles. The first kappa shape index (κ1) is 26.0. The highest BCUT2D eigenvalue weighted by molar-refractivity contribution is 6.46. The molecular formula is C31H33NO5. The Labute approximate surface area is 218 Å². The van der Waals surface area contributed by atoms with Gasteiger partial charge < -0.3 is 19.5 Å².